The first kappa shape index (κ1) is 17.3. The zero-order chi connectivity index (χ0) is 15.6. The first-order valence-electron chi connectivity index (χ1n) is 7.63. The van der Waals surface area contributed by atoms with Gasteiger partial charge in [0.2, 0.25) is 0 Å². The average molecular weight is 284 g/mol. The van der Waals surface area contributed by atoms with Crippen molar-refractivity contribution in [1.82, 2.24) is 9.80 Å². The van der Waals surface area contributed by atoms with Crippen molar-refractivity contribution in [3.8, 4) is 0 Å². The van der Waals surface area contributed by atoms with E-state index < -0.39 is 5.60 Å². The molecule has 1 saturated heterocycles. The van der Waals surface area contributed by atoms with Crippen molar-refractivity contribution in [2.75, 3.05) is 33.2 Å². The van der Waals surface area contributed by atoms with E-state index in [1.165, 1.54) is 0 Å². The van der Waals surface area contributed by atoms with E-state index in [0.29, 0.717) is 11.3 Å². The lowest BCUT2D eigenvalue weighted by molar-refractivity contribution is 0.0285. The molecule has 0 radical (unpaired) electrons. The molecule has 0 N–H and O–H groups in total. The summed E-state index contributed by atoms with van der Waals surface area (Å²) in [6.45, 7) is 16.3. The fourth-order valence-corrected chi connectivity index (χ4v) is 2.79. The van der Waals surface area contributed by atoms with Crippen molar-refractivity contribution in [2.45, 2.75) is 53.6 Å². The summed E-state index contributed by atoms with van der Waals surface area (Å²) in [7, 11) is 2.17. The number of likely N-dealkylation sites (tertiary alicyclic amines) is 1. The third kappa shape index (κ3) is 6.60. The van der Waals surface area contributed by atoms with Crippen LogP contribution in [0.4, 0.5) is 4.79 Å². The van der Waals surface area contributed by atoms with Crippen molar-refractivity contribution < 1.29 is 9.53 Å². The van der Waals surface area contributed by atoms with E-state index >= 15 is 0 Å². The Morgan fingerprint density at radius 1 is 1.25 bits per heavy atom. The molecule has 20 heavy (non-hydrogen) atoms. The van der Waals surface area contributed by atoms with Gasteiger partial charge in [-0.1, -0.05) is 20.8 Å². The van der Waals surface area contributed by atoms with Gasteiger partial charge in [-0.25, -0.2) is 4.79 Å². The van der Waals surface area contributed by atoms with Gasteiger partial charge < -0.3 is 14.5 Å². The Kier molecular flexibility index (Phi) is 5.47. The highest BCUT2D eigenvalue weighted by Gasteiger charge is 2.30. The van der Waals surface area contributed by atoms with Crippen LogP contribution >= 0.6 is 0 Å². The van der Waals surface area contributed by atoms with E-state index in [0.717, 1.165) is 32.6 Å². The van der Waals surface area contributed by atoms with Crippen molar-refractivity contribution >= 4 is 6.09 Å². The molecule has 4 heteroatoms. The maximum Gasteiger partial charge on any atom is 0.410 e. The normalized spacial score (nSPS) is 20.6. The van der Waals surface area contributed by atoms with E-state index in [1.807, 2.05) is 25.7 Å². The third-order valence-corrected chi connectivity index (χ3v) is 3.25. The van der Waals surface area contributed by atoms with Crippen molar-refractivity contribution in [3.05, 3.63) is 0 Å². The molecule has 1 amide bonds. The van der Waals surface area contributed by atoms with Crippen LogP contribution in [0.15, 0.2) is 0 Å². The van der Waals surface area contributed by atoms with Crippen LogP contribution in [-0.4, -0.2) is 54.7 Å². The molecule has 0 aromatic carbocycles. The molecular formula is C16H32N2O2. The second-order valence-electron chi connectivity index (χ2n) is 8.34. The first-order valence-corrected chi connectivity index (χ1v) is 7.63. The van der Waals surface area contributed by atoms with Crippen LogP contribution in [0.3, 0.4) is 0 Å². The monoisotopic (exact) mass is 284 g/mol. The Morgan fingerprint density at radius 3 is 2.35 bits per heavy atom. The Labute approximate surface area is 124 Å². The number of rotatable bonds is 3. The van der Waals surface area contributed by atoms with E-state index in [2.05, 4.69) is 32.7 Å². The van der Waals surface area contributed by atoms with E-state index in [9.17, 15) is 4.79 Å². The average Bonchev–Trinajstić information content (AvgIpc) is 2.59. The summed E-state index contributed by atoms with van der Waals surface area (Å²) in [5, 5.41) is 0. The Balaban J connectivity index is 2.38. The summed E-state index contributed by atoms with van der Waals surface area (Å²) >= 11 is 0. The topological polar surface area (TPSA) is 32.8 Å². The molecule has 0 aliphatic carbocycles. The molecule has 1 aliphatic rings. The Morgan fingerprint density at radius 2 is 1.85 bits per heavy atom. The van der Waals surface area contributed by atoms with E-state index in [-0.39, 0.29) is 6.09 Å². The third-order valence-electron chi connectivity index (χ3n) is 3.25. The van der Waals surface area contributed by atoms with Crippen LogP contribution in [0.25, 0.3) is 0 Å². The first-order chi connectivity index (χ1) is 8.96. The van der Waals surface area contributed by atoms with Gasteiger partial charge in [0.05, 0.1) is 0 Å². The number of amides is 1. The molecule has 0 saturated carbocycles. The second-order valence-corrected chi connectivity index (χ2v) is 8.34. The Hall–Kier alpha value is -0.770. The SMILES string of the molecule is CN(C[C@@H]1CCN(C(=O)OC(C)(C)C)C1)CC(C)(C)C. The van der Waals surface area contributed by atoms with Gasteiger partial charge in [0.1, 0.15) is 5.60 Å². The minimum Gasteiger partial charge on any atom is -0.444 e. The largest absolute Gasteiger partial charge is 0.444 e. The molecule has 4 nitrogen and oxygen atoms in total. The summed E-state index contributed by atoms with van der Waals surface area (Å²) in [5.41, 5.74) is -0.0869. The fraction of sp³-hybridized carbons (Fsp3) is 0.938. The highest BCUT2D eigenvalue weighted by atomic mass is 16.6. The van der Waals surface area contributed by atoms with Gasteiger partial charge in [-0.3, -0.25) is 0 Å². The lowest BCUT2D eigenvalue weighted by Gasteiger charge is -2.28. The van der Waals surface area contributed by atoms with Gasteiger partial charge in [-0.05, 0) is 45.6 Å². The van der Waals surface area contributed by atoms with Crippen LogP contribution in [0.1, 0.15) is 48.0 Å². The van der Waals surface area contributed by atoms with Crippen LogP contribution in [0.2, 0.25) is 0 Å². The molecule has 0 unspecified atom stereocenters. The number of hydrogen-bond acceptors (Lipinski definition) is 3. The molecule has 1 heterocycles. The standard InChI is InChI=1S/C16H32N2O2/c1-15(2,3)12-17(7)10-13-8-9-18(11-13)14(19)20-16(4,5)6/h13H,8-12H2,1-7H3/t13-/m0/s1. The second kappa shape index (κ2) is 6.33. The van der Waals surface area contributed by atoms with Gasteiger partial charge in [0, 0.05) is 26.2 Å². The number of carbonyl (C=O) groups excluding carboxylic acids is 1. The number of hydrogen-bond donors (Lipinski definition) is 0. The summed E-state index contributed by atoms with van der Waals surface area (Å²) in [5.74, 6) is 0.565. The fourth-order valence-electron chi connectivity index (χ4n) is 2.79. The molecule has 118 valence electrons. The summed E-state index contributed by atoms with van der Waals surface area (Å²) in [6.07, 6.45) is 0.909. The molecule has 1 rings (SSSR count). The molecule has 1 fully saturated rings. The quantitative estimate of drug-likeness (QED) is 0.797. The highest BCUT2D eigenvalue weighted by Crippen LogP contribution is 2.21. The number of carbonyl (C=O) groups is 1. The van der Waals surface area contributed by atoms with Crippen LogP contribution < -0.4 is 0 Å². The molecule has 0 bridgehead atoms. The molecule has 0 spiro atoms. The zero-order valence-corrected chi connectivity index (χ0v) is 14.3. The lowest BCUT2D eigenvalue weighted by atomic mass is 9.95. The van der Waals surface area contributed by atoms with Gasteiger partial charge in [0.15, 0.2) is 0 Å². The summed E-state index contributed by atoms with van der Waals surface area (Å²) < 4.78 is 5.43. The van der Waals surface area contributed by atoms with Crippen LogP contribution in [-0.2, 0) is 4.74 Å². The van der Waals surface area contributed by atoms with Crippen molar-refractivity contribution in [3.63, 3.8) is 0 Å². The molecule has 0 aromatic heterocycles. The van der Waals surface area contributed by atoms with Gasteiger partial charge in [0.25, 0.3) is 0 Å². The maximum atomic E-state index is 12.0. The van der Waals surface area contributed by atoms with Gasteiger partial charge in [-0.2, -0.15) is 0 Å². The van der Waals surface area contributed by atoms with Gasteiger partial charge >= 0.3 is 6.09 Å². The minimum atomic E-state index is -0.405. The van der Waals surface area contributed by atoms with Crippen LogP contribution in [0.5, 0.6) is 0 Å². The maximum absolute atomic E-state index is 12.0. The zero-order valence-electron chi connectivity index (χ0n) is 14.3. The highest BCUT2D eigenvalue weighted by molar-refractivity contribution is 5.68. The summed E-state index contributed by atoms with van der Waals surface area (Å²) in [4.78, 5) is 16.2. The number of ether oxygens (including phenoxy) is 1. The smallest absolute Gasteiger partial charge is 0.410 e. The Bertz CT molecular complexity index is 328. The van der Waals surface area contributed by atoms with Gasteiger partial charge in [-0.15, -0.1) is 0 Å². The number of nitrogens with zero attached hydrogens (tertiary/aromatic N) is 2. The molecule has 1 atom stereocenters. The predicted molar refractivity (Wildman–Crippen MR) is 82.9 cm³/mol. The summed E-state index contributed by atoms with van der Waals surface area (Å²) in [6, 6.07) is 0. The van der Waals surface area contributed by atoms with Crippen molar-refractivity contribution in [1.29, 1.82) is 0 Å². The lowest BCUT2D eigenvalue weighted by Crippen LogP contribution is -2.37. The predicted octanol–water partition coefficient (Wildman–Crippen LogP) is 3.22. The minimum absolute atomic E-state index is 0.168. The van der Waals surface area contributed by atoms with E-state index in [4.69, 9.17) is 4.74 Å². The molecular weight excluding hydrogens is 252 g/mol. The molecule has 0 aromatic rings. The van der Waals surface area contributed by atoms with Crippen molar-refractivity contribution in [2.24, 2.45) is 11.3 Å². The van der Waals surface area contributed by atoms with E-state index in [1.54, 1.807) is 0 Å². The molecule has 1 aliphatic heterocycles. The van der Waals surface area contributed by atoms with Crippen LogP contribution in [0, 0.1) is 11.3 Å².